The van der Waals surface area contributed by atoms with Gasteiger partial charge in [-0.25, -0.2) is 8.78 Å². The van der Waals surface area contributed by atoms with Gasteiger partial charge in [-0.05, 0) is 116 Å². The SMILES string of the molecule is N#Cc1c(-n2c3ccc(-c4ccccc4)cc3c3ccc(-c4ccccc4)cc32)cc(-c2cc(F)cc(F)c2)cc1-n1c2ccc(-c3ccccc3)cc2c2ccc(-c3ccccc3)cc21. The highest BCUT2D eigenvalue weighted by Crippen LogP contribution is 2.43. The van der Waals surface area contributed by atoms with Crippen LogP contribution in [0.4, 0.5) is 8.78 Å². The molecule has 2 aromatic heterocycles. The van der Waals surface area contributed by atoms with Gasteiger partial charge in [0, 0.05) is 27.6 Å². The standard InChI is InChI=1S/C61H37F2N3/c62-49-29-47(30-50(63)37-49)48-35-60(65-56-27-23-43(39-13-5-1-6-14-39)31-53(56)51-25-21-45(33-58(51)65)41-17-9-3-10-18-41)55(38-64)61(36-48)66-57-28-24-44(40-15-7-2-8-16-40)32-54(57)52-26-22-46(34-59(52)66)42-19-11-4-12-20-42/h1-37H. The second kappa shape index (κ2) is 15.7. The Morgan fingerprint density at radius 1 is 0.288 bits per heavy atom. The third kappa shape index (κ3) is 6.55. The summed E-state index contributed by atoms with van der Waals surface area (Å²) in [4.78, 5) is 0. The lowest BCUT2D eigenvalue weighted by Gasteiger charge is -2.19. The normalized spacial score (nSPS) is 11.5. The Hall–Kier alpha value is -8.85. The van der Waals surface area contributed by atoms with E-state index in [9.17, 15) is 5.26 Å². The summed E-state index contributed by atoms with van der Waals surface area (Å²) in [6, 6.07) is 77.1. The molecule has 0 saturated heterocycles. The third-order valence-corrected chi connectivity index (χ3v) is 12.8. The van der Waals surface area contributed by atoms with Crippen LogP contribution in [0.3, 0.4) is 0 Å². The maximum Gasteiger partial charge on any atom is 0.126 e. The van der Waals surface area contributed by atoms with E-state index in [2.05, 4.69) is 137 Å². The van der Waals surface area contributed by atoms with E-state index in [0.717, 1.165) is 94.2 Å². The predicted molar refractivity (Wildman–Crippen MR) is 267 cm³/mol. The second-order valence-electron chi connectivity index (χ2n) is 16.7. The number of nitriles is 1. The molecule has 0 aliphatic rings. The van der Waals surface area contributed by atoms with Crippen molar-refractivity contribution in [3.05, 3.63) is 242 Å². The molecule has 0 radical (unpaired) electrons. The van der Waals surface area contributed by atoms with Crippen molar-refractivity contribution in [3.8, 4) is 73.1 Å². The molecule has 12 rings (SSSR count). The molecule has 0 aliphatic carbocycles. The predicted octanol–water partition coefficient (Wildman–Crippen LogP) is 16.4. The Morgan fingerprint density at radius 3 is 1.02 bits per heavy atom. The van der Waals surface area contributed by atoms with Crippen molar-refractivity contribution in [3.63, 3.8) is 0 Å². The molecule has 0 atom stereocenters. The molecule has 0 N–H and O–H groups in total. The highest BCUT2D eigenvalue weighted by Gasteiger charge is 2.24. The summed E-state index contributed by atoms with van der Waals surface area (Å²) in [5.74, 6) is -1.37. The van der Waals surface area contributed by atoms with Crippen LogP contribution < -0.4 is 0 Å². The Kier molecular flexibility index (Phi) is 9.25. The molecule has 0 saturated carbocycles. The molecule has 0 aliphatic heterocycles. The first-order chi connectivity index (χ1) is 32.5. The van der Waals surface area contributed by atoms with Crippen LogP contribution in [0, 0.1) is 23.0 Å². The van der Waals surface area contributed by atoms with E-state index in [0.29, 0.717) is 28.1 Å². The minimum absolute atomic E-state index is 0.355. The lowest BCUT2D eigenvalue weighted by Crippen LogP contribution is -2.05. The molecule has 0 unspecified atom stereocenters. The highest BCUT2D eigenvalue weighted by atomic mass is 19.1. The first kappa shape index (κ1) is 38.8. The number of rotatable bonds is 7. The molecule has 0 bridgehead atoms. The molecule has 5 heteroatoms. The van der Waals surface area contributed by atoms with E-state index in [1.54, 1.807) is 0 Å². The van der Waals surface area contributed by atoms with E-state index in [1.807, 2.05) is 84.9 Å². The molecule has 12 aromatic rings. The van der Waals surface area contributed by atoms with Gasteiger partial charge in [0.05, 0.1) is 33.4 Å². The first-order valence-electron chi connectivity index (χ1n) is 21.9. The highest BCUT2D eigenvalue weighted by molar-refractivity contribution is 6.13. The van der Waals surface area contributed by atoms with Crippen LogP contribution in [0.1, 0.15) is 5.56 Å². The fourth-order valence-corrected chi connectivity index (χ4v) is 9.77. The zero-order chi connectivity index (χ0) is 44.3. The molecular formula is C61H37F2N3. The summed E-state index contributed by atoms with van der Waals surface area (Å²) in [5.41, 5.74) is 14.5. The van der Waals surface area contributed by atoms with Crippen LogP contribution in [0.15, 0.2) is 224 Å². The summed E-state index contributed by atoms with van der Waals surface area (Å²) in [7, 11) is 0. The molecule has 10 aromatic carbocycles. The van der Waals surface area contributed by atoms with Gasteiger partial charge in [-0.2, -0.15) is 5.26 Å². The minimum atomic E-state index is -0.687. The van der Waals surface area contributed by atoms with Gasteiger partial charge in [-0.1, -0.05) is 158 Å². The molecule has 0 amide bonds. The van der Waals surface area contributed by atoms with Crippen LogP contribution in [-0.2, 0) is 0 Å². The molecule has 66 heavy (non-hydrogen) atoms. The number of aromatic nitrogens is 2. The van der Waals surface area contributed by atoms with Crippen molar-refractivity contribution in [1.82, 2.24) is 9.13 Å². The van der Waals surface area contributed by atoms with Gasteiger partial charge in [0.2, 0.25) is 0 Å². The van der Waals surface area contributed by atoms with E-state index in [-0.39, 0.29) is 0 Å². The number of nitrogens with zero attached hydrogens (tertiary/aromatic N) is 3. The van der Waals surface area contributed by atoms with E-state index < -0.39 is 11.6 Å². The van der Waals surface area contributed by atoms with Gasteiger partial charge in [0.1, 0.15) is 23.3 Å². The maximum atomic E-state index is 15.3. The van der Waals surface area contributed by atoms with Crippen molar-refractivity contribution in [2.24, 2.45) is 0 Å². The van der Waals surface area contributed by atoms with Gasteiger partial charge in [0.15, 0.2) is 0 Å². The first-order valence-corrected chi connectivity index (χ1v) is 21.9. The Morgan fingerprint density at radius 2 is 0.636 bits per heavy atom. The zero-order valence-electron chi connectivity index (χ0n) is 35.5. The summed E-state index contributed by atoms with van der Waals surface area (Å²) >= 11 is 0. The van der Waals surface area contributed by atoms with Gasteiger partial charge in [0.25, 0.3) is 0 Å². The molecule has 2 heterocycles. The molecule has 0 fully saturated rings. The number of fused-ring (bicyclic) bond motifs is 6. The van der Waals surface area contributed by atoms with E-state index in [4.69, 9.17) is 0 Å². The molecule has 3 nitrogen and oxygen atoms in total. The number of halogens is 2. The van der Waals surface area contributed by atoms with Gasteiger partial charge in [-0.3, -0.25) is 0 Å². The summed E-state index contributed by atoms with van der Waals surface area (Å²) in [5, 5.41) is 15.7. The fourth-order valence-electron chi connectivity index (χ4n) is 9.77. The molecular weight excluding hydrogens is 813 g/mol. The summed E-state index contributed by atoms with van der Waals surface area (Å²) in [6.07, 6.45) is 0. The van der Waals surface area contributed by atoms with E-state index in [1.165, 1.54) is 12.1 Å². The smallest absolute Gasteiger partial charge is 0.126 e. The molecule has 310 valence electrons. The topological polar surface area (TPSA) is 33.6 Å². The van der Waals surface area contributed by atoms with Crippen LogP contribution >= 0.6 is 0 Å². The largest absolute Gasteiger partial charge is 0.308 e. The summed E-state index contributed by atoms with van der Waals surface area (Å²) in [6.45, 7) is 0. The average molecular weight is 850 g/mol. The van der Waals surface area contributed by atoms with Gasteiger partial charge >= 0.3 is 0 Å². The van der Waals surface area contributed by atoms with Crippen LogP contribution in [0.2, 0.25) is 0 Å². The van der Waals surface area contributed by atoms with Crippen molar-refractivity contribution < 1.29 is 8.78 Å². The average Bonchev–Trinajstić information content (AvgIpc) is 3.87. The van der Waals surface area contributed by atoms with Crippen molar-refractivity contribution in [2.75, 3.05) is 0 Å². The Bertz CT molecular complexity index is 3640. The minimum Gasteiger partial charge on any atom is -0.308 e. The Balaban J connectivity index is 1.21. The third-order valence-electron chi connectivity index (χ3n) is 12.8. The van der Waals surface area contributed by atoms with Crippen LogP contribution in [0.5, 0.6) is 0 Å². The van der Waals surface area contributed by atoms with Crippen LogP contribution in [-0.4, -0.2) is 9.13 Å². The van der Waals surface area contributed by atoms with Crippen LogP contribution in [0.25, 0.3) is 111 Å². The van der Waals surface area contributed by atoms with Crippen molar-refractivity contribution in [2.45, 2.75) is 0 Å². The zero-order valence-corrected chi connectivity index (χ0v) is 35.5. The fraction of sp³-hybridized carbons (Fsp3) is 0. The monoisotopic (exact) mass is 849 g/mol. The molecule has 0 spiro atoms. The second-order valence-corrected chi connectivity index (χ2v) is 16.7. The number of benzene rings is 10. The lowest BCUT2D eigenvalue weighted by atomic mass is 9.99. The Labute approximate surface area is 379 Å². The number of hydrogen-bond acceptors (Lipinski definition) is 1. The lowest BCUT2D eigenvalue weighted by molar-refractivity contribution is 0.584. The summed E-state index contributed by atoms with van der Waals surface area (Å²) < 4.78 is 34.9. The van der Waals surface area contributed by atoms with Crippen molar-refractivity contribution in [1.29, 1.82) is 5.26 Å². The van der Waals surface area contributed by atoms with Gasteiger partial charge in [-0.15, -0.1) is 0 Å². The van der Waals surface area contributed by atoms with Crippen molar-refractivity contribution >= 4 is 43.6 Å². The van der Waals surface area contributed by atoms with Gasteiger partial charge < -0.3 is 9.13 Å². The number of hydrogen-bond donors (Lipinski definition) is 0. The quantitative estimate of drug-likeness (QED) is 0.157. The van der Waals surface area contributed by atoms with E-state index >= 15 is 8.78 Å². The maximum absolute atomic E-state index is 15.3.